The Kier molecular flexibility index (Phi) is 11.6. The molecule has 0 bridgehead atoms. The van der Waals surface area contributed by atoms with Crippen LogP contribution in [0.3, 0.4) is 0 Å². The van der Waals surface area contributed by atoms with Crippen molar-refractivity contribution >= 4 is 5.97 Å². The van der Waals surface area contributed by atoms with E-state index in [4.69, 9.17) is 0 Å². The molecule has 330 valence electrons. The highest BCUT2D eigenvalue weighted by molar-refractivity contribution is 5.75. The number of hydrogen-bond acceptors (Lipinski definition) is 2. The zero-order valence-electron chi connectivity index (χ0n) is 23.0. The molecule has 0 aliphatic carbocycles. The zero-order chi connectivity index (χ0) is 46.1. The Morgan fingerprint density at radius 3 is 0.436 bits per heavy atom. The summed E-state index contributed by atoms with van der Waals surface area (Å²) in [6.45, 7) is 0. The molecule has 0 fully saturated rings. The molecule has 0 N–H and O–H groups in total. The monoisotopic (exact) mass is 913 g/mol. The summed E-state index contributed by atoms with van der Waals surface area (Å²) in [6, 6.07) is 0. The Morgan fingerprint density at radius 1 is 0.218 bits per heavy atom. The first-order chi connectivity index (χ1) is 22.9. The first kappa shape index (κ1) is 52.0. The highest BCUT2D eigenvalue weighted by Gasteiger charge is 3.02. The quantitative estimate of drug-likeness (QED) is 0.145. The van der Waals surface area contributed by atoms with Crippen molar-refractivity contribution in [2.45, 2.75) is 101 Å². The Balaban J connectivity index is 7.83. The molecule has 37 heteroatoms. The normalized spacial score (nSPS) is 17.1. The number of rotatable bonds is 16. The van der Waals surface area contributed by atoms with Gasteiger partial charge in [-0.2, -0.15) is 154 Å². The molecule has 0 unspecified atom stereocenters. The minimum atomic E-state index is -10.4. The largest absolute Gasteiger partial charge is 0.544 e. The van der Waals surface area contributed by atoms with Crippen molar-refractivity contribution in [3.05, 3.63) is 0 Å². The molecule has 0 aliphatic rings. The van der Waals surface area contributed by atoms with Crippen LogP contribution in [0.1, 0.15) is 0 Å². The minimum Gasteiger partial charge on any atom is -0.544 e. The second-order valence-electron chi connectivity index (χ2n) is 9.98. The van der Waals surface area contributed by atoms with Gasteiger partial charge in [-0.15, -0.1) is 0 Å². The lowest BCUT2D eigenvalue weighted by atomic mass is 9.82. The molecular weight excluding hydrogens is 913 g/mol. The Bertz CT molecular complexity index is 1440. The van der Waals surface area contributed by atoms with Crippen LogP contribution in [0.25, 0.3) is 0 Å². The van der Waals surface area contributed by atoms with E-state index in [9.17, 15) is 164 Å². The first-order valence-electron chi connectivity index (χ1n) is 11.3. The van der Waals surface area contributed by atoms with Crippen LogP contribution < -0.4 is 5.11 Å². The highest BCUT2D eigenvalue weighted by atomic mass is 19.4. The zero-order valence-corrected chi connectivity index (χ0v) is 23.0. The predicted molar refractivity (Wildman–Crippen MR) is 90.2 cm³/mol. The number of aliphatic carboxylic acids is 1. The summed E-state index contributed by atoms with van der Waals surface area (Å²) in [5, 5.41) is 9.84. The second-order valence-corrected chi connectivity index (χ2v) is 9.98. The molecule has 0 aromatic heterocycles. The van der Waals surface area contributed by atoms with Gasteiger partial charge in [-0.1, -0.05) is 0 Å². The van der Waals surface area contributed by atoms with Gasteiger partial charge in [-0.25, -0.2) is 0 Å². The summed E-state index contributed by atoms with van der Waals surface area (Å²) in [7, 11) is 0. The number of carboxylic acids is 1. The second kappa shape index (κ2) is 12.3. The summed E-state index contributed by atoms with van der Waals surface area (Å²) in [5.74, 6) is -162. The van der Waals surface area contributed by atoms with Crippen molar-refractivity contribution < 1.29 is 164 Å². The van der Waals surface area contributed by atoms with E-state index in [-0.39, 0.29) is 0 Å². The average Bonchev–Trinajstić information content (AvgIpc) is 2.94. The number of carboxylic acid groups (broad SMARTS) is 1. The van der Waals surface area contributed by atoms with Crippen molar-refractivity contribution in [2.75, 3.05) is 0 Å². The first-order valence-corrected chi connectivity index (χ1v) is 11.3. The number of halogens is 35. The fourth-order valence-electron chi connectivity index (χ4n) is 3.07. The molecule has 0 radical (unpaired) electrons. The van der Waals surface area contributed by atoms with Gasteiger partial charge in [-0.05, 0) is 0 Å². The van der Waals surface area contributed by atoms with E-state index in [2.05, 4.69) is 0 Å². The summed E-state index contributed by atoms with van der Waals surface area (Å²) >= 11 is 0. The lowest BCUT2D eigenvalue weighted by Crippen LogP contribution is -2.80. The molecule has 0 atom stereocenters. The summed E-state index contributed by atoms with van der Waals surface area (Å²) in [4.78, 5) is 9.84. The molecule has 0 rings (SSSR count). The van der Waals surface area contributed by atoms with E-state index < -0.39 is 107 Å². The van der Waals surface area contributed by atoms with Gasteiger partial charge in [0.25, 0.3) is 0 Å². The van der Waals surface area contributed by atoms with Crippen molar-refractivity contribution in [3.8, 4) is 0 Å². The van der Waals surface area contributed by atoms with Crippen molar-refractivity contribution in [1.29, 1.82) is 0 Å². The average molecular weight is 913 g/mol. The maximum absolute atomic E-state index is 13.8. The molecule has 2 nitrogen and oxygen atoms in total. The van der Waals surface area contributed by atoms with E-state index in [1.807, 2.05) is 0 Å². The third-order valence-electron chi connectivity index (χ3n) is 6.53. The van der Waals surface area contributed by atoms with E-state index in [0.29, 0.717) is 0 Å². The molecule has 0 saturated carbocycles. The number of carbonyl (C=O) groups is 1. The molecule has 55 heavy (non-hydrogen) atoms. The van der Waals surface area contributed by atoms with Crippen LogP contribution >= 0.6 is 0 Å². The maximum Gasteiger partial charge on any atom is 0.460 e. The molecular formula is C18F35O2-. The van der Waals surface area contributed by atoms with Gasteiger partial charge in [0.1, 0.15) is 5.97 Å². The maximum atomic E-state index is 13.8. The van der Waals surface area contributed by atoms with Crippen molar-refractivity contribution in [3.63, 3.8) is 0 Å². The van der Waals surface area contributed by atoms with Crippen LogP contribution in [0.4, 0.5) is 154 Å². The molecule has 0 spiro atoms. The van der Waals surface area contributed by atoms with Crippen LogP contribution in [-0.4, -0.2) is 107 Å². The van der Waals surface area contributed by atoms with Gasteiger partial charge in [0.2, 0.25) is 0 Å². The molecule has 0 amide bonds. The van der Waals surface area contributed by atoms with Crippen LogP contribution in [-0.2, 0) is 4.79 Å². The van der Waals surface area contributed by atoms with Gasteiger partial charge >= 0.3 is 101 Å². The molecule has 0 aromatic carbocycles. The Hall–Kier alpha value is -2.98. The van der Waals surface area contributed by atoms with E-state index >= 15 is 0 Å². The van der Waals surface area contributed by atoms with Gasteiger partial charge in [-0.3, -0.25) is 0 Å². The summed E-state index contributed by atoms with van der Waals surface area (Å²) in [5.41, 5.74) is 0. The van der Waals surface area contributed by atoms with E-state index in [1.54, 1.807) is 0 Å². The van der Waals surface area contributed by atoms with Crippen LogP contribution in [0.2, 0.25) is 0 Å². The van der Waals surface area contributed by atoms with Gasteiger partial charge < -0.3 is 9.90 Å². The number of alkyl halides is 35. The predicted octanol–water partition coefficient (Wildman–Crippen LogP) is 9.46. The fraction of sp³-hybridized carbons (Fsp3) is 0.944. The Labute approximate surface area is 272 Å². The van der Waals surface area contributed by atoms with Gasteiger partial charge in [0, 0.05) is 0 Å². The lowest BCUT2D eigenvalue weighted by Gasteiger charge is -2.47. The van der Waals surface area contributed by atoms with Crippen LogP contribution in [0.15, 0.2) is 0 Å². The van der Waals surface area contributed by atoms with Crippen molar-refractivity contribution in [1.82, 2.24) is 0 Å². The topological polar surface area (TPSA) is 40.1 Å². The highest BCUT2D eigenvalue weighted by Crippen LogP contribution is 2.70. The Morgan fingerprint density at radius 2 is 0.327 bits per heavy atom. The molecule has 0 aromatic rings. The standard InChI is InChI=1S/C18HF35O2/c19-2(20,1(54)55)3(21,22)4(23,24)5(25,26)6(27,28)7(29,30)8(31,32)9(33,34)10(35,36)11(37,38)12(39,40)13(41,42)14(43,44)15(45,46)16(47,48)17(49,50)18(51,52)53/h(H,54,55)/p-1. The number of hydrogen-bond donors (Lipinski definition) is 0. The summed E-state index contributed by atoms with van der Waals surface area (Å²) in [6.07, 6.45) is -8.45. The van der Waals surface area contributed by atoms with E-state index in [1.165, 1.54) is 0 Å². The molecule has 0 saturated heterocycles. The molecule has 0 aliphatic heterocycles. The minimum absolute atomic E-state index is 5.12. The van der Waals surface area contributed by atoms with Crippen LogP contribution in [0, 0.1) is 0 Å². The van der Waals surface area contributed by atoms with Gasteiger partial charge in [0.15, 0.2) is 0 Å². The lowest BCUT2D eigenvalue weighted by molar-refractivity contribution is -0.492. The number of carbonyl (C=O) groups excluding carboxylic acids is 1. The molecule has 0 heterocycles. The summed E-state index contributed by atoms with van der Waals surface area (Å²) < 4.78 is 468. The smallest absolute Gasteiger partial charge is 0.460 e. The fourth-order valence-corrected chi connectivity index (χ4v) is 3.07. The third kappa shape index (κ3) is 5.67. The van der Waals surface area contributed by atoms with Gasteiger partial charge in [0.05, 0.1) is 0 Å². The van der Waals surface area contributed by atoms with E-state index in [0.717, 1.165) is 0 Å². The van der Waals surface area contributed by atoms with Crippen molar-refractivity contribution in [2.24, 2.45) is 0 Å². The third-order valence-corrected chi connectivity index (χ3v) is 6.53. The SMILES string of the molecule is O=C([O-])C(F)(F)C(F)(F)C(F)(F)C(F)(F)C(F)(F)C(F)(F)C(F)(F)C(F)(F)C(F)(F)C(F)(F)C(F)(F)C(F)(F)C(F)(F)C(F)(F)C(F)(F)C(F)(F)C(F)(F)F. The van der Waals surface area contributed by atoms with Crippen LogP contribution in [0.5, 0.6) is 0 Å².